The Balaban J connectivity index is 1.99. The van der Waals surface area contributed by atoms with Gasteiger partial charge in [0.25, 0.3) is 0 Å². The van der Waals surface area contributed by atoms with Gasteiger partial charge in [-0.15, -0.1) is 0 Å². The Labute approximate surface area is 112 Å². The van der Waals surface area contributed by atoms with E-state index in [0.29, 0.717) is 5.76 Å². The maximum Gasteiger partial charge on any atom is 0.225 e. The normalized spacial score (nSPS) is 12.2. The molecule has 1 atom stereocenters. The number of nitrogens with zero attached hydrogens (tertiary/aromatic N) is 2. The first-order valence-corrected chi connectivity index (χ1v) is 6.19. The molecule has 0 bridgehead atoms. The first-order chi connectivity index (χ1) is 9.08. The van der Waals surface area contributed by atoms with E-state index in [1.54, 1.807) is 12.4 Å². The van der Waals surface area contributed by atoms with Crippen molar-refractivity contribution in [1.82, 2.24) is 15.5 Å². The van der Waals surface area contributed by atoms with Crippen LogP contribution in [0.5, 0.6) is 0 Å². The molecule has 2 rings (SSSR count). The lowest BCUT2D eigenvalue weighted by atomic mass is 10.1. The number of carbonyl (C=O) groups excluding carboxylic acids is 1. The summed E-state index contributed by atoms with van der Waals surface area (Å²) in [6, 6.07) is 3.72. The number of aryl methyl sites for hydroxylation is 2. The summed E-state index contributed by atoms with van der Waals surface area (Å²) >= 11 is 0. The molecule has 2 aromatic rings. The minimum Gasteiger partial charge on any atom is -0.361 e. The van der Waals surface area contributed by atoms with E-state index < -0.39 is 0 Å². The van der Waals surface area contributed by atoms with Crippen molar-refractivity contribution < 1.29 is 9.32 Å². The molecule has 0 aliphatic carbocycles. The van der Waals surface area contributed by atoms with E-state index in [4.69, 9.17) is 4.52 Å². The van der Waals surface area contributed by atoms with Gasteiger partial charge in [0.05, 0.1) is 18.2 Å². The molecule has 1 N–H and O–H groups in total. The number of aromatic nitrogens is 2. The minimum atomic E-state index is -0.0679. The molecular formula is C14H17N3O2. The van der Waals surface area contributed by atoms with Crippen molar-refractivity contribution in [1.29, 1.82) is 0 Å². The summed E-state index contributed by atoms with van der Waals surface area (Å²) in [6.07, 6.45) is 3.74. The smallest absolute Gasteiger partial charge is 0.225 e. The second kappa shape index (κ2) is 5.65. The van der Waals surface area contributed by atoms with Crippen LogP contribution in [0.15, 0.2) is 29.0 Å². The van der Waals surface area contributed by atoms with E-state index in [1.807, 2.05) is 32.9 Å². The molecule has 0 spiro atoms. The van der Waals surface area contributed by atoms with E-state index in [-0.39, 0.29) is 18.4 Å². The molecule has 2 heterocycles. The maximum absolute atomic E-state index is 12.0. The number of amides is 1. The molecule has 0 saturated heterocycles. The highest BCUT2D eigenvalue weighted by atomic mass is 16.5. The molecule has 0 saturated carbocycles. The zero-order chi connectivity index (χ0) is 13.8. The van der Waals surface area contributed by atoms with Gasteiger partial charge in [0.1, 0.15) is 5.76 Å². The summed E-state index contributed by atoms with van der Waals surface area (Å²) in [6.45, 7) is 5.58. The van der Waals surface area contributed by atoms with Crippen molar-refractivity contribution in [3.8, 4) is 0 Å². The van der Waals surface area contributed by atoms with E-state index in [9.17, 15) is 4.79 Å². The van der Waals surface area contributed by atoms with Gasteiger partial charge in [0.2, 0.25) is 5.91 Å². The number of nitrogens with one attached hydrogen (secondary N) is 1. The predicted octanol–water partition coefficient (Wildman–Crippen LogP) is 2.11. The number of hydrogen-bond acceptors (Lipinski definition) is 4. The number of pyridine rings is 1. The van der Waals surface area contributed by atoms with Crippen LogP contribution in [0.4, 0.5) is 0 Å². The lowest BCUT2D eigenvalue weighted by Gasteiger charge is -2.13. The molecule has 0 radical (unpaired) electrons. The molecule has 0 aromatic carbocycles. The highest BCUT2D eigenvalue weighted by Gasteiger charge is 2.15. The van der Waals surface area contributed by atoms with Gasteiger partial charge < -0.3 is 9.84 Å². The zero-order valence-corrected chi connectivity index (χ0v) is 11.3. The fourth-order valence-electron chi connectivity index (χ4n) is 1.92. The Hall–Kier alpha value is -2.17. The van der Waals surface area contributed by atoms with Gasteiger partial charge in [-0.05, 0) is 32.4 Å². The van der Waals surface area contributed by atoms with Crippen LogP contribution < -0.4 is 5.32 Å². The second-order valence-corrected chi connectivity index (χ2v) is 4.56. The van der Waals surface area contributed by atoms with Crippen LogP contribution in [0.1, 0.15) is 35.5 Å². The predicted molar refractivity (Wildman–Crippen MR) is 70.5 cm³/mol. The van der Waals surface area contributed by atoms with Crippen molar-refractivity contribution in [2.45, 2.75) is 33.2 Å². The standard InChI is InChI=1S/C14H17N3O2/c1-9(12-5-4-6-15-8-12)16-14(18)7-13-10(2)17-19-11(13)3/h4-6,8-9H,7H2,1-3H3,(H,16,18). The Morgan fingerprint density at radius 3 is 2.84 bits per heavy atom. The van der Waals surface area contributed by atoms with Crippen LogP contribution in [0.2, 0.25) is 0 Å². The molecule has 100 valence electrons. The van der Waals surface area contributed by atoms with Crippen molar-refractivity contribution in [2.24, 2.45) is 0 Å². The highest BCUT2D eigenvalue weighted by Crippen LogP contribution is 2.14. The first-order valence-electron chi connectivity index (χ1n) is 6.19. The van der Waals surface area contributed by atoms with Crippen molar-refractivity contribution in [3.05, 3.63) is 47.1 Å². The molecule has 0 aliphatic heterocycles. The van der Waals surface area contributed by atoms with E-state index >= 15 is 0 Å². The molecule has 2 aromatic heterocycles. The first kappa shape index (κ1) is 13.3. The highest BCUT2D eigenvalue weighted by molar-refractivity contribution is 5.79. The quantitative estimate of drug-likeness (QED) is 0.913. The van der Waals surface area contributed by atoms with E-state index in [1.165, 1.54) is 0 Å². The zero-order valence-electron chi connectivity index (χ0n) is 11.3. The summed E-state index contributed by atoms with van der Waals surface area (Å²) < 4.78 is 5.05. The third-order valence-corrected chi connectivity index (χ3v) is 3.08. The maximum atomic E-state index is 12.0. The van der Waals surface area contributed by atoms with Gasteiger partial charge in [-0.2, -0.15) is 0 Å². The van der Waals surface area contributed by atoms with Crippen LogP contribution in [-0.2, 0) is 11.2 Å². The molecule has 5 nitrogen and oxygen atoms in total. The SMILES string of the molecule is Cc1noc(C)c1CC(=O)NC(C)c1cccnc1. The Morgan fingerprint density at radius 2 is 2.26 bits per heavy atom. The number of carbonyl (C=O) groups is 1. The Kier molecular flexibility index (Phi) is 3.94. The minimum absolute atomic E-state index is 0.0502. The Bertz CT molecular complexity index is 544. The fraction of sp³-hybridized carbons (Fsp3) is 0.357. The summed E-state index contributed by atoms with van der Waals surface area (Å²) in [5, 5.41) is 6.78. The van der Waals surface area contributed by atoms with Crippen LogP contribution in [0.25, 0.3) is 0 Å². The Morgan fingerprint density at radius 1 is 1.47 bits per heavy atom. The molecule has 1 amide bonds. The average molecular weight is 259 g/mol. The lowest BCUT2D eigenvalue weighted by Crippen LogP contribution is -2.28. The van der Waals surface area contributed by atoms with Gasteiger partial charge in [0, 0.05) is 18.0 Å². The summed E-state index contributed by atoms with van der Waals surface area (Å²) in [5.74, 6) is 0.646. The van der Waals surface area contributed by atoms with E-state index in [0.717, 1.165) is 16.8 Å². The molecule has 5 heteroatoms. The van der Waals surface area contributed by atoms with Crippen LogP contribution in [0.3, 0.4) is 0 Å². The topological polar surface area (TPSA) is 68.0 Å². The summed E-state index contributed by atoms with van der Waals surface area (Å²) in [4.78, 5) is 16.0. The molecule has 0 fully saturated rings. The van der Waals surface area contributed by atoms with Crippen molar-refractivity contribution in [3.63, 3.8) is 0 Å². The third kappa shape index (κ3) is 3.19. The fourth-order valence-corrected chi connectivity index (χ4v) is 1.92. The monoisotopic (exact) mass is 259 g/mol. The molecule has 1 unspecified atom stereocenters. The molecular weight excluding hydrogens is 242 g/mol. The lowest BCUT2D eigenvalue weighted by molar-refractivity contribution is -0.121. The summed E-state index contributed by atoms with van der Waals surface area (Å²) in [5.41, 5.74) is 2.60. The van der Waals surface area contributed by atoms with Gasteiger partial charge in [-0.25, -0.2) is 0 Å². The van der Waals surface area contributed by atoms with E-state index in [2.05, 4.69) is 15.5 Å². The third-order valence-electron chi connectivity index (χ3n) is 3.08. The van der Waals surface area contributed by atoms with Gasteiger partial charge >= 0.3 is 0 Å². The van der Waals surface area contributed by atoms with Crippen LogP contribution in [0, 0.1) is 13.8 Å². The van der Waals surface area contributed by atoms with Gasteiger partial charge in [-0.1, -0.05) is 11.2 Å². The number of hydrogen-bond donors (Lipinski definition) is 1. The second-order valence-electron chi connectivity index (χ2n) is 4.56. The molecule has 19 heavy (non-hydrogen) atoms. The molecule has 0 aliphatic rings. The van der Waals surface area contributed by atoms with Gasteiger partial charge in [-0.3, -0.25) is 9.78 Å². The van der Waals surface area contributed by atoms with Crippen LogP contribution >= 0.6 is 0 Å². The number of rotatable bonds is 4. The summed E-state index contributed by atoms with van der Waals surface area (Å²) in [7, 11) is 0. The van der Waals surface area contributed by atoms with Crippen molar-refractivity contribution >= 4 is 5.91 Å². The largest absolute Gasteiger partial charge is 0.361 e. The average Bonchev–Trinajstić information content (AvgIpc) is 2.71. The van der Waals surface area contributed by atoms with Crippen LogP contribution in [-0.4, -0.2) is 16.0 Å². The van der Waals surface area contributed by atoms with Crippen molar-refractivity contribution in [2.75, 3.05) is 0 Å². The van der Waals surface area contributed by atoms with Gasteiger partial charge in [0.15, 0.2) is 0 Å².